The SMILES string of the molecule is NC(=O)CCN(Cc1ccccc1)C(=O)CS(=O)(=O)c1ccc(Cl)cc1. The molecule has 6 nitrogen and oxygen atoms in total. The topological polar surface area (TPSA) is 97.5 Å². The van der Waals surface area contributed by atoms with Crippen LogP contribution in [0.3, 0.4) is 0 Å². The predicted octanol–water partition coefficient (Wildman–Crippen LogP) is 2.02. The van der Waals surface area contributed by atoms with E-state index in [1.54, 1.807) is 0 Å². The third kappa shape index (κ3) is 5.86. The molecule has 0 atom stereocenters. The molecule has 0 aromatic heterocycles. The monoisotopic (exact) mass is 394 g/mol. The molecule has 2 aromatic carbocycles. The van der Waals surface area contributed by atoms with Gasteiger partial charge in [0.05, 0.1) is 4.90 Å². The molecule has 2 aromatic rings. The van der Waals surface area contributed by atoms with Crippen molar-refractivity contribution in [3.8, 4) is 0 Å². The summed E-state index contributed by atoms with van der Waals surface area (Å²) in [6.07, 6.45) is -0.0421. The Bertz CT molecular complexity index is 868. The maximum Gasteiger partial charge on any atom is 0.238 e. The molecular formula is C18H19ClN2O4S. The van der Waals surface area contributed by atoms with E-state index in [4.69, 9.17) is 17.3 Å². The van der Waals surface area contributed by atoms with Gasteiger partial charge in [-0.25, -0.2) is 8.42 Å². The minimum atomic E-state index is -3.82. The van der Waals surface area contributed by atoms with Crippen LogP contribution in [-0.4, -0.2) is 37.4 Å². The second-order valence-corrected chi connectivity index (χ2v) is 8.16. The summed E-state index contributed by atoms with van der Waals surface area (Å²) in [5.74, 6) is -1.85. The van der Waals surface area contributed by atoms with Crippen molar-refractivity contribution in [2.75, 3.05) is 12.3 Å². The maximum absolute atomic E-state index is 12.6. The molecule has 0 bridgehead atoms. The third-order valence-corrected chi connectivity index (χ3v) is 5.55. The molecule has 0 fully saturated rings. The number of nitrogens with two attached hydrogens (primary N) is 1. The number of hydrogen-bond donors (Lipinski definition) is 1. The van der Waals surface area contributed by atoms with Crippen molar-refractivity contribution in [2.24, 2.45) is 5.73 Å². The van der Waals surface area contributed by atoms with Crippen LogP contribution in [0.4, 0.5) is 0 Å². The van der Waals surface area contributed by atoms with Crippen LogP contribution in [0.25, 0.3) is 0 Å². The summed E-state index contributed by atoms with van der Waals surface area (Å²) in [5, 5.41) is 0.405. The number of nitrogens with zero attached hydrogens (tertiary/aromatic N) is 1. The number of primary amides is 1. The zero-order valence-electron chi connectivity index (χ0n) is 14.0. The first-order valence-electron chi connectivity index (χ1n) is 7.86. The highest BCUT2D eigenvalue weighted by Gasteiger charge is 2.24. The summed E-state index contributed by atoms with van der Waals surface area (Å²) in [5.41, 5.74) is 5.99. The Morgan fingerprint density at radius 3 is 2.19 bits per heavy atom. The first kappa shape index (κ1) is 19.9. The number of hydrogen-bond acceptors (Lipinski definition) is 4. The van der Waals surface area contributed by atoms with Gasteiger partial charge in [-0.05, 0) is 29.8 Å². The second kappa shape index (κ2) is 8.82. The molecular weight excluding hydrogens is 376 g/mol. The van der Waals surface area contributed by atoms with Crippen LogP contribution < -0.4 is 5.73 Å². The Kier molecular flexibility index (Phi) is 6.76. The Morgan fingerprint density at radius 1 is 1.00 bits per heavy atom. The Balaban J connectivity index is 2.16. The van der Waals surface area contributed by atoms with Crippen LogP contribution in [0.2, 0.25) is 5.02 Å². The highest BCUT2D eigenvalue weighted by molar-refractivity contribution is 7.92. The van der Waals surface area contributed by atoms with E-state index < -0.39 is 27.4 Å². The fourth-order valence-corrected chi connectivity index (χ4v) is 3.67. The number of carbonyl (C=O) groups is 2. The summed E-state index contributed by atoms with van der Waals surface area (Å²) in [6, 6.07) is 14.7. The number of rotatable bonds is 8. The van der Waals surface area contributed by atoms with Gasteiger partial charge in [0.1, 0.15) is 5.75 Å². The molecule has 8 heteroatoms. The number of carbonyl (C=O) groups excluding carboxylic acids is 2. The molecule has 0 heterocycles. The summed E-state index contributed by atoms with van der Waals surface area (Å²) in [7, 11) is -3.82. The number of amides is 2. The zero-order valence-corrected chi connectivity index (χ0v) is 15.5. The van der Waals surface area contributed by atoms with E-state index in [1.807, 2.05) is 30.3 Å². The number of sulfone groups is 1. The first-order chi connectivity index (χ1) is 12.3. The summed E-state index contributed by atoms with van der Waals surface area (Å²) in [4.78, 5) is 25.0. The standard InChI is InChI=1S/C18H19ClN2O4S/c19-15-6-8-16(9-7-15)26(24,25)13-18(23)21(11-10-17(20)22)12-14-4-2-1-3-5-14/h1-9H,10-13H2,(H2,20,22). The van der Waals surface area contributed by atoms with Gasteiger partial charge >= 0.3 is 0 Å². The van der Waals surface area contributed by atoms with Crippen molar-refractivity contribution >= 4 is 33.3 Å². The lowest BCUT2D eigenvalue weighted by Crippen LogP contribution is -2.37. The first-order valence-corrected chi connectivity index (χ1v) is 9.89. The van der Waals surface area contributed by atoms with Crippen molar-refractivity contribution < 1.29 is 18.0 Å². The molecule has 0 unspecified atom stereocenters. The lowest BCUT2D eigenvalue weighted by molar-refractivity contribution is -0.129. The van der Waals surface area contributed by atoms with Crippen LogP contribution in [0.15, 0.2) is 59.5 Å². The molecule has 0 aliphatic rings. The highest BCUT2D eigenvalue weighted by atomic mass is 35.5. The van der Waals surface area contributed by atoms with Crippen LogP contribution in [0.5, 0.6) is 0 Å². The molecule has 0 spiro atoms. The van der Waals surface area contributed by atoms with Gasteiger partial charge in [0.25, 0.3) is 0 Å². The summed E-state index contributed by atoms with van der Waals surface area (Å²) in [6.45, 7) is 0.252. The molecule has 0 saturated carbocycles. The molecule has 0 saturated heterocycles. The van der Waals surface area contributed by atoms with E-state index in [0.717, 1.165) is 5.56 Å². The average molecular weight is 395 g/mol. The van der Waals surface area contributed by atoms with Gasteiger partial charge in [0.2, 0.25) is 11.8 Å². The smallest absolute Gasteiger partial charge is 0.238 e. The van der Waals surface area contributed by atoms with Crippen molar-refractivity contribution in [3.05, 3.63) is 65.2 Å². The molecule has 138 valence electrons. The quantitative estimate of drug-likeness (QED) is 0.740. The summed E-state index contributed by atoms with van der Waals surface area (Å²) < 4.78 is 24.9. The van der Waals surface area contributed by atoms with Gasteiger partial charge < -0.3 is 10.6 Å². The predicted molar refractivity (Wildman–Crippen MR) is 99.2 cm³/mol. The van der Waals surface area contributed by atoms with Crippen LogP contribution in [0, 0.1) is 0 Å². The van der Waals surface area contributed by atoms with Crippen molar-refractivity contribution in [1.29, 1.82) is 0 Å². The molecule has 0 radical (unpaired) electrons. The van der Waals surface area contributed by atoms with Gasteiger partial charge in [0.15, 0.2) is 9.84 Å². The number of benzene rings is 2. The normalized spacial score (nSPS) is 11.1. The van der Waals surface area contributed by atoms with Crippen LogP contribution in [0.1, 0.15) is 12.0 Å². The lowest BCUT2D eigenvalue weighted by Gasteiger charge is -2.22. The fraction of sp³-hybridized carbons (Fsp3) is 0.222. The van der Waals surface area contributed by atoms with Gasteiger partial charge in [-0.15, -0.1) is 0 Å². The number of halogens is 1. The fourth-order valence-electron chi connectivity index (χ4n) is 2.32. The Labute approximate surface area is 157 Å². The molecule has 2 amide bonds. The molecule has 2 N–H and O–H groups in total. The zero-order chi connectivity index (χ0) is 19.2. The maximum atomic E-state index is 12.6. The van der Waals surface area contributed by atoms with Crippen LogP contribution >= 0.6 is 11.6 Å². The van der Waals surface area contributed by atoms with Crippen molar-refractivity contribution in [3.63, 3.8) is 0 Å². The third-order valence-electron chi connectivity index (χ3n) is 3.68. The summed E-state index contributed by atoms with van der Waals surface area (Å²) >= 11 is 5.77. The van der Waals surface area contributed by atoms with E-state index in [-0.39, 0.29) is 24.4 Å². The molecule has 2 rings (SSSR count). The minimum absolute atomic E-state index is 0.0183. The van der Waals surface area contributed by atoms with Crippen molar-refractivity contribution in [1.82, 2.24) is 4.90 Å². The van der Waals surface area contributed by atoms with Crippen LogP contribution in [-0.2, 0) is 26.0 Å². The highest BCUT2D eigenvalue weighted by Crippen LogP contribution is 2.16. The second-order valence-electron chi connectivity index (χ2n) is 5.73. The van der Waals surface area contributed by atoms with Gasteiger partial charge in [-0.2, -0.15) is 0 Å². The largest absolute Gasteiger partial charge is 0.370 e. The Hall–Kier alpha value is -2.38. The molecule has 26 heavy (non-hydrogen) atoms. The van der Waals surface area contributed by atoms with Gasteiger partial charge in [-0.1, -0.05) is 41.9 Å². The average Bonchev–Trinajstić information content (AvgIpc) is 2.59. The van der Waals surface area contributed by atoms with E-state index in [9.17, 15) is 18.0 Å². The van der Waals surface area contributed by atoms with E-state index >= 15 is 0 Å². The van der Waals surface area contributed by atoms with Gasteiger partial charge in [-0.3, -0.25) is 9.59 Å². The Morgan fingerprint density at radius 2 is 1.62 bits per heavy atom. The van der Waals surface area contributed by atoms with E-state index in [2.05, 4.69) is 0 Å². The van der Waals surface area contributed by atoms with Crippen molar-refractivity contribution in [2.45, 2.75) is 17.9 Å². The minimum Gasteiger partial charge on any atom is -0.370 e. The lowest BCUT2D eigenvalue weighted by atomic mass is 10.2. The van der Waals surface area contributed by atoms with Gasteiger partial charge in [0, 0.05) is 24.5 Å². The van der Waals surface area contributed by atoms with E-state index in [1.165, 1.54) is 29.2 Å². The molecule has 0 aliphatic heterocycles. The van der Waals surface area contributed by atoms with E-state index in [0.29, 0.717) is 5.02 Å². The molecule has 0 aliphatic carbocycles.